The summed E-state index contributed by atoms with van der Waals surface area (Å²) < 4.78 is 5.40. The molecular weight excluding hydrogens is 238 g/mol. The van der Waals surface area contributed by atoms with Gasteiger partial charge in [0.15, 0.2) is 5.78 Å². The number of rotatable bonds is 3. The van der Waals surface area contributed by atoms with Gasteiger partial charge in [0.05, 0.1) is 5.56 Å². The summed E-state index contributed by atoms with van der Waals surface area (Å²) in [5.74, 6) is -0.0414. The summed E-state index contributed by atoms with van der Waals surface area (Å²) in [6, 6.07) is 14.9. The molecule has 0 spiro atoms. The molecule has 1 aromatic heterocycles. The number of benzene rings is 2. The second kappa shape index (κ2) is 4.71. The summed E-state index contributed by atoms with van der Waals surface area (Å²) in [6.45, 7) is 0.424. The van der Waals surface area contributed by atoms with Crippen LogP contribution in [0.3, 0.4) is 0 Å². The Labute approximate surface area is 110 Å². The highest BCUT2D eigenvalue weighted by atomic mass is 16.3. The van der Waals surface area contributed by atoms with Gasteiger partial charge in [-0.2, -0.15) is 0 Å². The number of furan rings is 1. The summed E-state index contributed by atoms with van der Waals surface area (Å²) in [5.41, 5.74) is 8.49. The van der Waals surface area contributed by atoms with E-state index in [1.165, 1.54) is 6.26 Å². The van der Waals surface area contributed by atoms with E-state index in [2.05, 4.69) is 0 Å². The summed E-state index contributed by atoms with van der Waals surface area (Å²) in [7, 11) is 0. The molecule has 0 bridgehead atoms. The number of hydrogen-bond acceptors (Lipinski definition) is 3. The van der Waals surface area contributed by atoms with Crippen LogP contribution >= 0.6 is 0 Å². The van der Waals surface area contributed by atoms with Crippen molar-refractivity contribution in [3.63, 3.8) is 0 Å². The highest BCUT2D eigenvalue weighted by molar-refractivity contribution is 6.15. The molecule has 0 fully saturated rings. The molecule has 1 heterocycles. The van der Waals surface area contributed by atoms with E-state index in [1.54, 1.807) is 6.07 Å². The first-order valence-electron chi connectivity index (χ1n) is 6.09. The third-order valence-corrected chi connectivity index (χ3v) is 3.15. The Morgan fingerprint density at radius 1 is 1.11 bits per heavy atom. The van der Waals surface area contributed by atoms with Crippen LogP contribution in [0.4, 0.5) is 0 Å². The molecule has 2 aromatic carbocycles. The summed E-state index contributed by atoms with van der Waals surface area (Å²) >= 11 is 0. The predicted octanol–water partition coefficient (Wildman–Crippen LogP) is 3.12. The maximum absolute atomic E-state index is 12.5. The van der Waals surface area contributed by atoms with Crippen molar-refractivity contribution in [1.82, 2.24) is 0 Å². The Morgan fingerprint density at radius 2 is 1.95 bits per heavy atom. The van der Waals surface area contributed by atoms with Crippen LogP contribution in [0.5, 0.6) is 0 Å². The number of fused-ring (bicyclic) bond motifs is 1. The van der Waals surface area contributed by atoms with E-state index in [0.717, 1.165) is 16.5 Å². The van der Waals surface area contributed by atoms with Crippen molar-refractivity contribution in [3.05, 3.63) is 71.5 Å². The fourth-order valence-corrected chi connectivity index (χ4v) is 2.15. The topological polar surface area (TPSA) is 56.2 Å². The van der Waals surface area contributed by atoms with E-state index >= 15 is 0 Å². The van der Waals surface area contributed by atoms with Crippen molar-refractivity contribution in [2.45, 2.75) is 6.54 Å². The van der Waals surface area contributed by atoms with Crippen molar-refractivity contribution >= 4 is 16.8 Å². The van der Waals surface area contributed by atoms with Crippen LogP contribution in [0.1, 0.15) is 21.5 Å². The lowest BCUT2D eigenvalue weighted by Gasteiger charge is -2.01. The van der Waals surface area contributed by atoms with Crippen LogP contribution < -0.4 is 5.73 Å². The van der Waals surface area contributed by atoms with E-state index in [1.807, 2.05) is 42.5 Å². The molecule has 0 aliphatic heterocycles. The van der Waals surface area contributed by atoms with Crippen LogP contribution in [-0.4, -0.2) is 5.78 Å². The Balaban J connectivity index is 2.08. The minimum absolute atomic E-state index is 0.0414. The van der Waals surface area contributed by atoms with Crippen LogP contribution in [0.25, 0.3) is 11.0 Å². The van der Waals surface area contributed by atoms with Crippen LogP contribution in [0.2, 0.25) is 0 Å². The first-order valence-corrected chi connectivity index (χ1v) is 6.09. The lowest BCUT2D eigenvalue weighted by Crippen LogP contribution is -2.03. The average Bonchev–Trinajstić information content (AvgIpc) is 2.90. The van der Waals surface area contributed by atoms with Crippen LogP contribution in [-0.2, 0) is 6.54 Å². The number of carbonyl (C=O) groups excluding carboxylic acids is 1. The maximum Gasteiger partial charge on any atom is 0.196 e. The third-order valence-electron chi connectivity index (χ3n) is 3.15. The van der Waals surface area contributed by atoms with Gasteiger partial charge in [0.2, 0.25) is 0 Å². The maximum atomic E-state index is 12.5. The Morgan fingerprint density at radius 3 is 2.79 bits per heavy atom. The van der Waals surface area contributed by atoms with Gasteiger partial charge in [-0.05, 0) is 17.7 Å². The first-order chi connectivity index (χ1) is 9.29. The summed E-state index contributed by atoms with van der Waals surface area (Å²) in [4.78, 5) is 12.5. The molecule has 0 aliphatic carbocycles. The zero-order valence-electron chi connectivity index (χ0n) is 10.3. The van der Waals surface area contributed by atoms with E-state index < -0.39 is 0 Å². The lowest BCUT2D eigenvalue weighted by molar-refractivity contribution is 0.103. The molecule has 3 nitrogen and oxygen atoms in total. The molecule has 3 aromatic rings. The van der Waals surface area contributed by atoms with Gasteiger partial charge in [0, 0.05) is 17.5 Å². The van der Waals surface area contributed by atoms with Gasteiger partial charge >= 0.3 is 0 Å². The number of para-hydroxylation sites is 1. The number of carbonyl (C=O) groups is 1. The van der Waals surface area contributed by atoms with Crippen molar-refractivity contribution in [2.24, 2.45) is 5.73 Å². The number of ketones is 1. The standard InChI is InChI=1S/C16H13NO2/c17-9-11-4-3-5-12(8-11)16(18)14-10-19-15-7-2-1-6-13(14)15/h1-8,10H,9,17H2. The Kier molecular flexibility index (Phi) is 2.89. The highest BCUT2D eigenvalue weighted by Crippen LogP contribution is 2.23. The second-order valence-electron chi connectivity index (χ2n) is 4.38. The van der Waals surface area contributed by atoms with Crippen LogP contribution in [0, 0.1) is 0 Å². The van der Waals surface area contributed by atoms with Gasteiger partial charge in [0.1, 0.15) is 11.8 Å². The third kappa shape index (κ3) is 2.04. The molecule has 2 N–H and O–H groups in total. The Hall–Kier alpha value is -2.39. The number of hydrogen-bond donors (Lipinski definition) is 1. The van der Waals surface area contributed by atoms with Gasteiger partial charge in [-0.25, -0.2) is 0 Å². The zero-order chi connectivity index (χ0) is 13.2. The van der Waals surface area contributed by atoms with E-state index in [0.29, 0.717) is 17.7 Å². The van der Waals surface area contributed by atoms with Gasteiger partial charge in [-0.15, -0.1) is 0 Å². The monoisotopic (exact) mass is 251 g/mol. The average molecular weight is 251 g/mol. The molecule has 0 unspecified atom stereocenters. The molecule has 3 heteroatoms. The molecule has 19 heavy (non-hydrogen) atoms. The fourth-order valence-electron chi connectivity index (χ4n) is 2.15. The quantitative estimate of drug-likeness (QED) is 0.727. The summed E-state index contributed by atoms with van der Waals surface area (Å²) in [5, 5.41) is 0.839. The van der Waals surface area contributed by atoms with Gasteiger partial charge in [-0.1, -0.05) is 36.4 Å². The molecule has 3 rings (SSSR count). The molecule has 0 aliphatic rings. The van der Waals surface area contributed by atoms with Crippen LogP contribution in [0.15, 0.2) is 59.2 Å². The van der Waals surface area contributed by atoms with E-state index in [-0.39, 0.29) is 5.78 Å². The first kappa shape index (κ1) is 11.7. The zero-order valence-corrected chi connectivity index (χ0v) is 10.3. The smallest absolute Gasteiger partial charge is 0.196 e. The lowest BCUT2D eigenvalue weighted by atomic mass is 10.0. The highest BCUT2D eigenvalue weighted by Gasteiger charge is 2.15. The van der Waals surface area contributed by atoms with Crippen molar-refractivity contribution < 1.29 is 9.21 Å². The minimum atomic E-state index is -0.0414. The van der Waals surface area contributed by atoms with Gasteiger partial charge in [-0.3, -0.25) is 4.79 Å². The van der Waals surface area contributed by atoms with Gasteiger partial charge in [0.25, 0.3) is 0 Å². The molecule has 0 saturated carbocycles. The number of nitrogens with two attached hydrogens (primary N) is 1. The van der Waals surface area contributed by atoms with Gasteiger partial charge < -0.3 is 10.2 Å². The van der Waals surface area contributed by atoms with E-state index in [9.17, 15) is 4.79 Å². The minimum Gasteiger partial charge on any atom is -0.464 e. The van der Waals surface area contributed by atoms with Crippen molar-refractivity contribution in [1.29, 1.82) is 0 Å². The predicted molar refractivity (Wildman–Crippen MR) is 74.0 cm³/mol. The molecule has 0 radical (unpaired) electrons. The molecule has 0 saturated heterocycles. The fraction of sp³-hybridized carbons (Fsp3) is 0.0625. The van der Waals surface area contributed by atoms with E-state index in [4.69, 9.17) is 10.2 Å². The molecule has 94 valence electrons. The van der Waals surface area contributed by atoms with Crippen molar-refractivity contribution in [2.75, 3.05) is 0 Å². The molecule has 0 atom stereocenters. The largest absolute Gasteiger partial charge is 0.464 e. The molecular formula is C16H13NO2. The second-order valence-corrected chi connectivity index (χ2v) is 4.38. The molecule has 0 amide bonds. The summed E-state index contributed by atoms with van der Waals surface area (Å²) in [6.07, 6.45) is 1.52. The SMILES string of the molecule is NCc1cccc(C(=O)c2coc3ccccc23)c1. The normalized spacial score (nSPS) is 10.8. The Bertz CT molecular complexity index is 743. The van der Waals surface area contributed by atoms with Crippen molar-refractivity contribution in [3.8, 4) is 0 Å².